The summed E-state index contributed by atoms with van der Waals surface area (Å²) in [6.07, 6.45) is 0.0480. The van der Waals surface area contributed by atoms with E-state index in [9.17, 15) is 21.6 Å². The minimum atomic E-state index is -3.92. The lowest BCUT2D eigenvalue weighted by atomic mass is 10.1. The summed E-state index contributed by atoms with van der Waals surface area (Å²) < 4.78 is 57.1. The normalized spacial score (nSPS) is 16.8. The van der Waals surface area contributed by atoms with Crippen molar-refractivity contribution >= 4 is 31.5 Å². The summed E-state index contributed by atoms with van der Waals surface area (Å²) in [6, 6.07) is 20.4. The van der Waals surface area contributed by atoms with Crippen LogP contribution < -0.4 is 14.4 Å². The highest BCUT2D eigenvalue weighted by Gasteiger charge is 2.37. The van der Waals surface area contributed by atoms with Gasteiger partial charge in [-0.15, -0.1) is 0 Å². The topological polar surface area (TPSA) is 110 Å². The molecule has 34 heavy (non-hydrogen) atoms. The average Bonchev–Trinajstić information content (AvgIpc) is 2.83. The molecule has 0 saturated heterocycles. The third-order valence-corrected chi connectivity index (χ3v) is 8.45. The van der Waals surface area contributed by atoms with Crippen molar-refractivity contribution in [3.8, 4) is 5.75 Å². The Labute approximate surface area is 199 Å². The number of amides is 1. The third kappa shape index (κ3) is 4.78. The zero-order valence-corrected chi connectivity index (χ0v) is 20.2. The van der Waals surface area contributed by atoms with E-state index >= 15 is 0 Å². The minimum absolute atomic E-state index is 0.116. The van der Waals surface area contributed by atoms with Gasteiger partial charge in [0.05, 0.1) is 28.1 Å². The Kier molecular flexibility index (Phi) is 6.37. The van der Waals surface area contributed by atoms with Crippen LogP contribution in [0.5, 0.6) is 5.75 Å². The number of hydrogen-bond acceptors (Lipinski definition) is 6. The molecule has 0 radical (unpaired) electrons. The predicted octanol–water partition coefficient (Wildman–Crippen LogP) is 2.92. The SMILES string of the molecule is CC(NC(=O)C1CN(S(=O)(=O)c2ccccc2)c2ccccc2O1)c1ccc(S(C)(=O)=O)cc1. The fourth-order valence-corrected chi connectivity index (χ4v) is 5.81. The lowest BCUT2D eigenvalue weighted by molar-refractivity contribution is -0.128. The van der Waals surface area contributed by atoms with Crippen molar-refractivity contribution < 1.29 is 26.4 Å². The highest BCUT2D eigenvalue weighted by Crippen LogP contribution is 2.36. The molecule has 2 unspecified atom stereocenters. The van der Waals surface area contributed by atoms with Gasteiger partial charge in [-0.1, -0.05) is 42.5 Å². The number of carbonyl (C=O) groups is 1. The number of nitrogens with zero attached hydrogens (tertiary/aromatic N) is 1. The van der Waals surface area contributed by atoms with Crippen LogP contribution >= 0.6 is 0 Å². The Hall–Kier alpha value is -3.37. The van der Waals surface area contributed by atoms with Gasteiger partial charge < -0.3 is 10.1 Å². The highest BCUT2D eigenvalue weighted by molar-refractivity contribution is 7.92. The van der Waals surface area contributed by atoms with Crippen LogP contribution in [-0.2, 0) is 24.7 Å². The molecule has 3 aromatic carbocycles. The molecular weight excluding hydrogens is 476 g/mol. The molecule has 0 aliphatic carbocycles. The molecule has 4 rings (SSSR count). The lowest BCUT2D eigenvalue weighted by Crippen LogP contribution is -2.51. The molecule has 0 aromatic heterocycles. The number of fused-ring (bicyclic) bond motifs is 1. The summed E-state index contributed by atoms with van der Waals surface area (Å²) in [5.74, 6) is -0.194. The van der Waals surface area contributed by atoms with E-state index in [1.54, 1.807) is 61.5 Å². The molecule has 10 heteroatoms. The van der Waals surface area contributed by atoms with Gasteiger partial charge in [0.25, 0.3) is 15.9 Å². The first-order chi connectivity index (χ1) is 16.1. The van der Waals surface area contributed by atoms with E-state index in [-0.39, 0.29) is 16.3 Å². The number of carbonyl (C=O) groups excluding carboxylic acids is 1. The van der Waals surface area contributed by atoms with Gasteiger partial charge in [0.15, 0.2) is 15.9 Å². The van der Waals surface area contributed by atoms with Gasteiger partial charge in [-0.2, -0.15) is 0 Å². The molecule has 0 bridgehead atoms. The van der Waals surface area contributed by atoms with E-state index in [4.69, 9.17) is 4.74 Å². The number of sulfone groups is 1. The quantitative estimate of drug-likeness (QED) is 0.557. The second-order valence-corrected chi connectivity index (χ2v) is 11.9. The fourth-order valence-electron chi connectivity index (χ4n) is 3.68. The Morgan fingerprint density at radius 2 is 1.53 bits per heavy atom. The summed E-state index contributed by atoms with van der Waals surface area (Å²) in [5.41, 5.74) is 1.06. The number of benzene rings is 3. The molecule has 1 heterocycles. The van der Waals surface area contributed by atoms with E-state index in [1.807, 2.05) is 0 Å². The molecule has 2 atom stereocenters. The molecule has 8 nitrogen and oxygen atoms in total. The fraction of sp³-hybridized carbons (Fsp3) is 0.208. The van der Waals surface area contributed by atoms with Gasteiger partial charge in [0, 0.05) is 6.26 Å². The van der Waals surface area contributed by atoms with E-state index in [2.05, 4.69) is 5.32 Å². The molecule has 0 saturated carbocycles. The molecule has 1 N–H and O–H groups in total. The van der Waals surface area contributed by atoms with Crippen LogP contribution in [0.1, 0.15) is 18.5 Å². The van der Waals surface area contributed by atoms with E-state index in [1.165, 1.54) is 28.6 Å². The highest BCUT2D eigenvalue weighted by atomic mass is 32.2. The van der Waals surface area contributed by atoms with Crippen molar-refractivity contribution in [1.82, 2.24) is 5.32 Å². The van der Waals surface area contributed by atoms with Crippen molar-refractivity contribution in [3.63, 3.8) is 0 Å². The van der Waals surface area contributed by atoms with Crippen LogP contribution in [0.2, 0.25) is 0 Å². The van der Waals surface area contributed by atoms with Crippen molar-refractivity contribution in [2.24, 2.45) is 0 Å². The summed E-state index contributed by atoms with van der Waals surface area (Å²) in [4.78, 5) is 13.4. The monoisotopic (exact) mass is 500 g/mol. The van der Waals surface area contributed by atoms with Crippen molar-refractivity contribution in [3.05, 3.63) is 84.4 Å². The van der Waals surface area contributed by atoms with Gasteiger partial charge in [-0.25, -0.2) is 16.8 Å². The van der Waals surface area contributed by atoms with Crippen molar-refractivity contribution in [2.75, 3.05) is 17.1 Å². The van der Waals surface area contributed by atoms with E-state index < -0.39 is 37.9 Å². The molecule has 178 valence electrons. The lowest BCUT2D eigenvalue weighted by Gasteiger charge is -2.35. The minimum Gasteiger partial charge on any atom is -0.476 e. The third-order valence-electron chi connectivity index (χ3n) is 5.53. The molecular formula is C24H24N2O6S2. The van der Waals surface area contributed by atoms with Gasteiger partial charge in [-0.05, 0) is 48.9 Å². The first-order valence-electron chi connectivity index (χ1n) is 10.5. The molecule has 1 aliphatic heterocycles. The number of anilines is 1. The second-order valence-electron chi connectivity index (χ2n) is 7.99. The number of nitrogens with one attached hydrogen (secondary N) is 1. The maximum Gasteiger partial charge on any atom is 0.264 e. The summed E-state index contributed by atoms with van der Waals surface area (Å²) in [7, 11) is -7.25. The maximum atomic E-state index is 13.4. The number of sulfonamides is 1. The van der Waals surface area contributed by atoms with Gasteiger partial charge >= 0.3 is 0 Å². The van der Waals surface area contributed by atoms with Crippen molar-refractivity contribution in [2.45, 2.75) is 28.9 Å². The van der Waals surface area contributed by atoms with Gasteiger partial charge in [-0.3, -0.25) is 9.10 Å². The average molecular weight is 501 g/mol. The Bertz CT molecular complexity index is 1410. The predicted molar refractivity (Wildman–Crippen MR) is 128 cm³/mol. The Morgan fingerprint density at radius 1 is 0.912 bits per heavy atom. The molecule has 0 fully saturated rings. The number of rotatable bonds is 6. The molecule has 0 spiro atoms. The van der Waals surface area contributed by atoms with E-state index in [0.717, 1.165) is 6.26 Å². The largest absolute Gasteiger partial charge is 0.476 e. The van der Waals surface area contributed by atoms with Crippen LogP contribution in [0.4, 0.5) is 5.69 Å². The molecule has 1 aliphatic rings. The summed E-state index contributed by atoms with van der Waals surface area (Å²) in [5, 5.41) is 2.83. The van der Waals surface area contributed by atoms with Crippen LogP contribution in [-0.4, -0.2) is 41.6 Å². The Balaban J connectivity index is 1.57. The second kappa shape index (κ2) is 9.11. The van der Waals surface area contributed by atoms with Crippen molar-refractivity contribution in [1.29, 1.82) is 0 Å². The van der Waals surface area contributed by atoms with Crippen LogP contribution in [0.25, 0.3) is 0 Å². The first kappa shape index (κ1) is 23.8. The zero-order chi connectivity index (χ0) is 24.5. The number of hydrogen-bond donors (Lipinski definition) is 1. The first-order valence-corrected chi connectivity index (χ1v) is 13.8. The van der Waals surface area contributed by atoms with Crippen LogP contribution in [0, 0.1) is 0 Å². The molecule has 3 aromatic rings. The number of ether oxygens (including phenoxy) is 1. The van der Waals surface area contributed by atoms with Gasteiger partial charge in [0.2, 0.25) is 0 Å². The van der Waals surface area contributed by atoms with Crippen LogP contribution in [0.15, 0.2) is 88.7 Å². The standard InChI is InChI=1S/C24H24N2O6S2/c1-17(18-12-14-19(15-13-18)33(2,28)29)25-24(27)23-16-26(21-10-6-7-11-22(21)32-23)34(30,31)20-8-4-3-5-9-20/h3-15,17,23H,16H2,1-2H3,(H,25,27). The smallest absolute Gasteiger partial charge is 0.264 e. The van der Waals surface area contributed by atoms with E-state index in [0.29, 0.717) is 17.0 Å². The Morgan fingerprint density at radius 3 is 2.18 bits per heavy atom. The summed E-state index contributed by atoms with van der Waals surface area (Å²) >= 11 is 0. The van der Waals surface area contributed by atoms with Crippen LogP contribution in [0.3, 0.4) is 0 Å². The zero-order valence-electron chi connectivity index (χ0n) is 18.6. The number of para-hydroxylation sites is 2. The van der Waals surface area contributed by atoms with Gasteiger partial charge in [0.1, 0.15) is 5.75 Å². The maximum absolute atomic E-state index is 13.4. The molecule has 1 amide bonds. The summed E-state index contributed by atoms with van der Waals surface area (Å²) in [6.45, 7) is 1.56.